The second kappa shape index (κ2) is 5.63. The number of anilines is 7. The van der Waals surface area contributed by atoms with E-state index in [0.29, 0.717) is 28.4 Å². The number of nitrogens with two attached hydrogens (primary N) is 5. The Balaban J connectivity index is 1.82. The number of benzene rings is 4. The third-order valence-electron chi connectivity index (χ3n) is 4.57. The average molecular weight is 344 g/mol. The van der Waals surface area contributed by atoms with Gasteiger partial charge >= 0.3 is 0 Å². The van der Waals surface area contributed by atoms with Crippen LogP contribution >= 0.6 is 0 Å². The minimum atomic E-state index is 0.495. The van der Waals surface area contributed by atoms with Crippen LogP contribution in [0.3, 0.4) is 0 Å². The molecule has 0 fully saturated rings. The van der Waals surface area contributed by atoms with Gasteiger partial charge in [0.15, 0.2) is 0 Å². The molecule has 11 N–H and O–H groups in total. The number of nitrogens with one attached hydrogen (secondary N) is 1. The fourth-order valence-corrected chi connectivity index (χ4v) is 3.29. The maximum Gasteiger partial charge on any atom is 0.0648 e. The van der Waals surface area contributed by atoms with E-state index in [-0.39, 0.29) is 0 Å². The highest BCUT2D eigenvalue weighted by molar-refractivity contribution is 6.08. The van der Waals surface area contributed by atoms with E-state index in [0.717, 1.165) is 32.9 Å². The molecule has 4 aromatic carbocycles. The fourth-order valence-electron chi connectivity index (χ4n) is 3.29. The molecular formula is C20H20N6. The van der Waals surface area contributed by atoms with Crippen molar-refractivity contribution in [2.45, 2.75) is 0 Å². The Bertz CT molecular complexity index is 1170. The Kier molecular flexibility index (Phi) is 3.40. The van der Waals surface area contributed by atoms with Gasteiger partial charge in [-0.1, -0.05) is 18.2 Å². The third-order valence-corrected chi connectivity index (χ3v) is 4.57. The highest BCUT2D eigenvalue weighted by Crippen LogP contribution is 2.36. The Morgan fingerprint density at radius 3 is 2.12 bits per heavy atom. The molecular weight excluding hydrogens is 324 g/mol. The first kappa shape index (κ1) is 15.7. The molecule has 26 heavy (non-hydrogen) atoms. The van der Waals surface area contributed by atoms with Crippen LogP contribution in [0.2, 0.25) is 0 Å². The van der Waals surface area contributed by atoms with Gasteiger partial charge in [-0.25, -0.2) is 0 Å². The Labute approximate surface area is 150 Å². The summed E-state index contributed by atoms with van der Waals surface area (Å²) in [6.07, 6.45) is 0. The summed E-state index contributed by atoms with van der Waals surface area (Å²) in [4.78, 5) is 0. The lowest BCUT2D eigenvalue weighted by molar-refractivity contribution is 1.58. The van der Waals surface area contributed by atoms with E-state index < -0.39 is 0 Å². The molecule has 4 aromatic rings. The van der Waals surface area contributed by atoms with Crippen LogP contribution < -0.4 is 34.0 Å². The molecule has 0 aromatic heterocycles. The van der Waals surface area contributed by atoms with Gasteiger partial charge in [0.25, 0.3) is 0 Å². The van der Waals surface area contributed by atoms with Crippen LogP contribution in [0.1, 0.15) is 0 Å². The normalized spacial score (nSPS) is 11.1. The van der Waals surface area contributed by atoms with Gasteiger partial charge in [0.2, 0.25) is 0 Å². The van der Waals surface area contributed by atoms with Gasteiger partial charge in [0.1, 0.15) is 0 Å². The maximum absolute atomic E-state index is 6.20. The standard InChI is InChI=1S/C20H20N6/c21-15-3-1-2-13-14(15)7-12(8-17(13)23)26-11-6-10-4-5-16(22)20(25)19(10)18(24)9-11/h1-9,26H,21-25H2. The summed E-state index contributed by atoms with van der Waals surface area (Å²) in [5.41, 5.74) is 35.0. The van der Waals surface area contributed by atoms with E-state index in [2.05, 4.69) is 5.32 Å². The molecule has 0 atom stereocenters. The summed E-state index contributed by atoms with van der Waals surface area (Å²) in [5, 5.41) is 6.85. The van der Waals surface area contributed by atoms with Gasteiger partial charge in [-0.05, 0) is 41.8 Å². The van der Waals surface area contributed by atoms with Crippen molar-refractivity contribution in [2.75, 3.05) is 34.0 Å². The summed E-state index contributed by atoms with van der Waals surface area (Å²) < 4.78 is 0. The number of hydrogen-bond donors (Lipinski definition) is 6. The van der Waals surface area contributed by atoms with Crippen LogP contribution in [0.5, 0.6) is 0 Å². The smallest absolute Gasteiger partial charge is 0.0648 e. The van der Waals surface area contributed by atoms with E-state index in [4.69, 9.17) is 28.7 Å². The van der Waals surface area contributed by atoms with Crippen LogP contribution in [-0.4, -0.2) is 0 Å². The largest absolute Gasteiger partial charge is 0.398 e. The SMILES string of the molecule is Nc1ccc2cc(Nc3cc(N)c4cccc(N)c4c3)cc(N)c2c1N. The average Bonchev–Trinajstić information content (AvgIpc) is 2.59. The van der Waals surface area contributed by atoms with E-state index in [1.165, 1.54) is 0 Å². The zero-order valence-electron chi connectivity index (χ0n) is 14.1. The molecule has 0 radical (unpaired) electrons. The number of nitrogen functional groups attached to an aromatic ring is 5. The molecule has 0 bridgehead atoms. The minimum absolute atomic E-state index is 0.495. The van der Waals surface area contributed by atoms with E-state index in [1.54, 1.807) is 6.07 Å². The lowest BCUT2D eigenvalue weighted by Gasteiger charge is -2.14. The summed E-state index contributed by atoms with van der Waals surface area (Å²) in [5.74, 6) is 0. The van der Waals surface area contributed by atoms with Crippen molar-refractivity contribution in [3.05, 3.63) is 54.6 Å². The number of hydrogen-bond acceptors (Lipinski definition) is 6. The first-order valence-electron chi connectivity index (χ1n) is 8.16. The molecule has 6 heteroatoms. The van der Waals surface area contributed by atoms with Gasteiger partial charge in [-0.2, -0.15) is 0 Å². The summed E-state index contributed by atoms with van der Waals surface area (Å²) >= 11 is 0. The fraction of sp³-hybridized carbons (Fsp3) is 0. The van der Waals surface area contributed by atoms with E-state index in [1.807, 2.05) is 48.5 Å². The molecule has 0 heterocycles. The lowest BCUT2D eigenvalue weighted by atomic mass is 10.0. The highest BCUT2D eigenvalue weighted by Gasteiger charge is 2.09. The maximum atomic E-state index is 6.20. The first-order valence-corrected chi connectivity index (χ1v) is 8.16. The van der Waals surface area contributed by atoms with Gasteiger partial charge in [0, 0.05) is 44.6 Å². The topological polar surface area (TPSA) is 142 Å². The molecule has 130 valence electrons. The highest BCUT2D eigenvalue weighted by atomic mass is 14.9. The number of fused-ring (bicyclic) bond motifs is 2. The predicted molar refractivity (Wildman–Crippen MR) is 113 cm³/mol. The van der Waals surface area contributed by atoms with E-state index >= 15 is 0 Å². The van der Waals surface area contributed by atoms with Crippen molar-refractivity contribution >= 4 is 61.4 Å². The molecule has 0 amide bonds. The molecule has 4 rings (SSSR count). The lowest BCUT2D eigenvalue weighted by Crippen LogP contribution is -2.00. The minimum Gasteiger partial charge on any atom is -0.398 e. The quantitative estimate of drug-likeness (QED) is 0.306. The van der Waals surface area contributed by atoms with E-state index in [9.17, 15) is 0 Å². The molecule has 0 saturated carbocycles. The molecule has 0 spiro atoms. The van der Waals surface area contributed by atoms with Crippen molar-refractivity contribution < 1.29 is 0 Å². The second-order valence-corrected chi connectivity index (χ2v) is 6.36. The molecule has 0 saturated heterocycles. The van der Waals surface area contributed by atoms with Crippen LogP contribution in [0.4, 0.5) is 39.8 Å². The molecule has 0 unspecified atom stereocenters. The second-order valence-electron chi connectivity index (χ2n) is 6.36. The van der Waals surface area contributed by atoms with Crippen molar-refractivity contribution in [3.63, 3.8) is 0 Å². The van der Waals surface area contributed by atoms with Gasteiger partial charge in [0.05, 0.1) is 11.4 Å². The zero-order valence-corrected chi connectivity index (χ0v) is 14.1. The van der Waals surface area contributed by atoms with Crippen LogP contribution in [0, 0.1) is 0 Å². The Morgan fingerprint density at radius 1 is 0.577 bits per heavy atom. The van der Waals surface area contributed by atoms with Crippen LogP contribution in [-0.2, 0) is 0 Å². The van der Waals surface area contributed by atoms with Gasteiger partial charge < -0.3 is 34.0 Å². The van der Waals surface area contributed by atoms with Gasteiger partial charge in [-0.15, -0.1) is 0 Å². The zero-order chi connectivity index (χ0) is 18.4. The summed E-state index contributed by atoms with van der Waals surface area (Å²) in [7, 11) is 0. The third kappa shape index (κ3) is 2.44. The molecule has 6 nitrogen and oxygen atoms in total. The van der Waals surface area contributed by atoms with Crippen LogP contribution in [0.15, 0.2) is 54.6 Å². The Morgan fingerprint density at radius 2 is 1.31 bits per heavy atom. The molecule has 0 aliphatic rings. The van der Waals surface area contributed by atoms with Gasteiger partial charge in [-0.3, -0.25) is 0 Å². The summed E-state index contributed by atoms with van der Waals surface area (Å²) in [6.45, 7) is 0. The predicted octanol–water partition coefficient (Wildman–Crippen LogP) is 3.65. The molecule has 0 aliphatic carbocycles. The molecule has 0 aliphatic heterocycles. The van der Waals surface area contributed by atoms with Crippen LogP contribution in [0.25, 0.3) is 21.5 Å². The first-order chi connectivity index (χ1) is 12.4. The van der Waals surface area contributed by atoms with Crippen molar-refractivity contribution in [1.82, 2.24) is 0 Å². The van der Waals surface area contributed by atoms with Crippen molar-refractivity contribution in [3.8, 4) is 0 Å². The van der Waals surface area contributed by atoms with Crippen molar-refractivity contribution in [2.24, 2.45) is 0 Å². The van der Waals surface area contributed by atoms with Crippen molar-refractivity contribution in [1.29, 1.82) is 0 Å². The Hall–Kier alpha value is -3.80. The monoisotopic (exact) mass is 344 g/mol. The number of rotatable bonds is 2. The summed E-state index contributed by atoms with van der Waals surface area (Å²) in [6, 6.07) is 17.0.